The third-order valence-electron chi connectivity index (χ3n) is 4.60. The SMILES string of the molecule is CC1CN(C(=O)C2=CC=CN3CCS(=O)(=O)N=C23)CCC1C(=O)O. The van der Waals surface area contributed by atoms with Gasteiger partial charge in [-0.3, -0.25) is 9.59 Å². The van der Waals surface area contributed by atoms with E-state index >= 15 is 0 Å². The van der Waals surface area contributed by atoms with Gasteiger partial charge in [0.1, 0.15) is 0 Å². The Balaban J connectivity index is 1.82. The molecule has 0 aromatic heterocycles. The third-order valence-corrected chi connectivity index (χ3v) is 5.75. The summed E-state index contributed by atoms with van der Waals surface area (Å²) in [5.74, 6) is -1.70. The molecule has 0 saturated carbocycles. The van der Waals surface area contributed by atoms with Crippen LogP contribution in [0.25, 0.3) is 0 Å². The van der Waals surface area contributed by atoms with Gasteiger partial charge in [-0.05, 0) is 24.5 Å². The zero-order valence-electron chi connectivity index (χ0n) is 13.3. The molecule has 0 aromatic carbocycles. The molecule has 1 amide bonds. The summed E-state index contributed by atoms with van der Waals surface area (Å²) in [5, 5.41) is 9.18. The quantitative estimate of drug-likeness (QED) is 0.752. The van der Waals surface area contributed by atoms with Crippen LogP contribution in [0.5, 0.6) is 0 Å². The molecule has 0 aromatic rings. The summed E-state index contributed by atoms with van der Waals surface area (Å²) in [6.07, 6.45) is 5.34. The van der Waals surface area contributed by atoms with Crippen molar-refractivity contribution in [2.24, 2.45) is 16.2 Å². The highest BCUT2D eigenvalue weighted by atomic mass is 32.2. The van der Waals surface area contributed by atoms with Crippen molar-refractivity contribution < 1.29 is 23.1 Å². The van der Waals surface area contributed by atoms with Crippen molar-refractivity contribution in [1.29, 1.82) is 0 Å². The number of nitrogens with zero attached hydrogens (tertiary/aromatic N) is 3. The van der Waals surface area contributed by atoms with Crippen molar-refractivity contribution in [1.82, 2.24) is 9.80 Å². The second-order valence-corrected chi connectivity index (χ2v) is 8.03. The highest BCUT2D eigenvalue weighted by Gasteiger charge is 2.37. The lowest BCUT2D eigenvalue weighted by molar-refractivity contribution is -0.147. The molecule has 0 aliphatic carbocycles. The maximum Gasteiger partial charge on any atom is 0.306 e. The summed E-state index contributed by atoms with van der Waals surface area (Å²) in [4.78, 5) is 27.2. The van der Waals surface area contributed by atoms with Gasteiger partial charge in [-0.1, -0.05) is 6.92 Å². The summed E-state index contributed by atoms with van der Waals surface area (Å²) in [6.45, 7) is 2.74. The Morgan fingerprint density at radius 2 is 2.08 bits per heavy atom. The Kier molecular flexibility index (Phi) is 4.20. The average Bonchev–Trinajstić information content (AvgIpc) is 2.52. The van der Waals surface area contributed by atoms with E-state index in [1.807, 2.05) is 6.92 Å². The fourth-order valence-corrected chi connectivity index (χ4v) is 4.24. The first kappa shape index (κ1) is 16.7. The number of carboxylic acid groups (broad SMARTS) is 1. The second-order valence-electron chi connectivity index (χ2n) is 6.28. The molecular weight excluding hydrogens is 334 g/mol. The topological polar surface area (TPSA) is 107 Å². The van der Waals surface area contributed by atoms with E-state index < -0.39 is 21.9 Å². The van der Waals surface area contributed by atoms with Crippen molar-refractivity contribution in [3.05, 3.63) is 23.9 Å². The normalized spacial score (nSPS) is 28.7. The molecule has 1 saturated heterocycles. The van der Waals surface area contributed by atoms with Crippen molar-refractivity contribution in [3.63, 3.8) is 0 Å². The van der Waals surface area contributed by atoms with Crippen LogP contribution < -0.4 is 0 Å². The van der Waals surface area contributed by atoms with Crippen LogP contribution in [0.2, 0.25) is 0 Å². The Bertz CT molecular complexity index is 768. The molecule has 2 unspecified atom stereocenters. The largest absolute Gasteiger partial charge is 0.481 e. The summed E-state index contributed by atoms with van der Waals surface area (Å²) in [7, 11) is -3.56. The molecule has 2 atom stereocenters. The monoisotopic (exact) mass is 353 g/mol. The molecule has 3 heterocycles. The highest BCUT2D eigenvalue weighted by Crippen LogP contribution is 2.26. The Labute approximate surface area is 140 Å². The van der Waals surface area contributed by atoms with Crippen molar-refractivity contribution in [2.45, 2.75) is 13.3 Å². The molecule has 1 N–H and O–H groups in total. The van der Waals surface area contributed by atoms with E-state index in [1.54, 1.807) is 28.2 Å². The molecular formula is C15H19N3O5S. The Morgan fingerprint density at radius 3 is 2.75 bits per heavy atom. The first-order valence-corrected chi connectivity index (χ1v) is 9.39. The van der Waals surface area contributed by atoms with Crippen LogP contribution in [0.4, 0.5) is 0 Å². The van der Waals surface area contributed by atoms with Crippen LogP contribution in [-0.2, 0) is 19.6 Å². The van der Waals surface area contributed by atoms with Gasteiger partial charge in [0.25, 0.3) is 15.9 Å². The summed E-state index contributed by atoms with van der Waals surface area (Å²) in [6, 6.07) is 0. The molecule has 3 rings (SSSR count). The predicted octanol–water partition coefficient (Wildman–Crippen LogP) is 0.0532. The number of allylic oxidation sites excluding steroid dienone is 2. The van der Waals surface area contributed by atoms with Crippen molar-refractivity contribution in [2.75, 3.05) is 25.4 Å². The van der Waals surface area contributed by atoms with Gasteiger partial charge in [0.15, 0.2) is 5.84 Å². The number of piperidine rings is 1. The van der Waals surface area contributed by atoms with Gasteiger partial charge in [0, 0.05) is 25.8 Å². The number of hydrogen-bond acceptors (Lipinski definition) is 5. The van der Waals surface area contributed by atoms with E-state index in [0.29, 0.717) is 19.5 Å². The standard InChI is InChI=1S/C15H19N3O5S/c1-10-9-18(6-4-11(10)15(20)21)14(19)12-3-2-5-17-7-8-24(22,23)16-13(12)17/h2-3,5,10-11H,4,6-9H2,1H3,(H,20,21). The summed E-state index contributed by atoms with van der Waals surface area (Å²) in [5.41, 5.74) is 0.238. The van der Waals surface area contributed by atoms with Gasteiger partial charge < -0.3 is 14.9 Å². The molecule has 3 aliphatic heterocycles. The van der Waals surface area contributed by atoms with E-state index in [0.717, 1.165) is 0 Å². The fraction of sp³-hybridized carbons (Fsp3) is 0.533. The minimum absolute atomic E-state index is 0.0800. The first-order valence-electron chi connectivity index (χ1n) is 7.79. The molecule has 9 heteroatoms. The van der Waals surface area contributed by atoms with Crippen LogP contribution in [0.15, 0.2) is 28.3 Å². The minimum Gasteiger partial charge on any atom is -0.481 e. The first-order chi connectivity index (χ1) is 11.3. The fourth-order valence-electron chi connectivity index (χ4n) is 3.25. The number of amidine groups is 1. The van der Waals surface area contributed by atoms with Crippen LogP contribution in [-0.4, -0.2) is 66.4 Å². The molecule has 0 spiro atoms. The van der Waals surface area contributed by atoms with E-state index in [2.05, 4.69) is 4.40 Å². The van der Waals surface area contributed by atoms with E-state index in [4.69, 9.17) is 0 Å². The number of rotatable bonds is 2. The van der Waals surface area contributed by atoms with Crippen LogP contribution in [0.1, 0.15) is 13.3 Å². The van der Waals surface area contributed by atoms with Gasteiger partial charge in [0.2, 0.25) is 0 Å². The lowest BCUT2D eigenvalue weighted by Crippen LogP contribution is -2.48. The molecule has 0 radical (unpaired) electrons. The zero-order valence-corrected chi connectivity index (χ0v) is 14.1. The molecule has 0 bridgehead atoms. The lowest BCUT2D eigenvalue weighted by Gasteiger charge is -2.37. The number of likely N-dealkylation sites (tertiary alicyclic amines) is 1. The second kappa shape index (κ2) is 6.04. The molecule has 24 heavy (non-hydrogen) atoms. The smallest absolute Gasteiger partial charge is 0.306 e. The van der Waals surface area contributed by atoms with E-state index in [9.17, 15) is 23.1 Å². The van der Waals surface area contributed by atoms with Gasteiger partial charge in [-0.25, -0.2) is 8.42 Å². The number of carbonyl (C=O) groups is 2. The summed E-state index contributed by atoms with van der Waals surface area (Å²) >= 11 is 0. The van der Waals surface area contributed by atoms with E-state index in [-0.39, 0.29) is 35.5 Å². The number of sulfonamides is 1. The highest BCUT2D eigenvalue weighted by molar-refractivity contribution is 7.90. The zero-order chi connectivity index (χ0) is 17.5. The number of hydrogen-bond donors (Lipinski definition) is 1. The molecule has 1 fully saturated rings. The average molecular weight is 353 g/mol. The Morgan fingerprint density at radius 1 is 1.33 bits per heavy atom. The van der Waals surface area contributed by atoms with Crippen LogP contribution >= 0.6 is 0 Å². The van der Waals surface area contributed by atoms with E-state index in [1.165, 1.54) is 0 Å². The van der Waals surface area contributed by atoms with Gasteiger partial charge >= 0.3 is 5.97 Å². The Hall–Kier alpha value is -2.16. The maximum absolute atomic E-state index is 12.8. The maximum atomic E-state index is 12.8. The minimum atomic E-state index is -3.56. The van der Waals surface area contributed by atoms with Gasteiger partial charge in [0.05, 0.1) is 17.2 Å². The van der Waals surface area contributed by atoms with Gasteiger partial charge in [-0.15, -0.1) is 4.40 Å². The number of carboxylic acids is 1. The molecule has 3 aliphatic rings. The number of amides is 1. The van der Waals surface area contributed by atoms with Crippen molar-refractivity contribution >= 4 is 27.7 Å². The van der Waals surface area contributed by atoms with Crippen molar-refractivity contribution in [3.8, 4) is 0 Å². The summed E-state index contributed by atoms with van der Waals surface area (Å²) < 4.78 is 27.3. The molecule has 8 nitrogen and oxygen atoms in total. The third kappa shape index (κ3) is 3.08. The lowest BCUT2D eigenvalue weighted by atomic mass is 9.86. The van der Waals surface area contributed by atoms with Crippen LogP contribution in [0.3, 0.4) is 0 Å². The number of aliphatic carboxylic acids is 1. The van der Waals surface area contributed by atoms with Gasteiger partial charge in [-0.2, -0.15) is 0 Å². The van der Waals surface area contributed by atoms with Crippen LogP contribution in [0, 0.1) is 11.8 Å². The molecule has 130 valence electrons. The predicted molar refractivity (Wildman–Crippen MR) is 86.6 cm³/mol. The number of fused-ring (bicyclic) bond motifs is 1. The number of carbonyl (C=O) groups excluding carboxylic acids is 1.